The van der Waals surface area contributed by atoms with Gasteiger partial charge in [-0.1, -0.05) is 41.9 Å². The van der Waals surface area contributed by atoms with Gasteiger partial charge in [-0.15, -0.1) is 0 Å². The van der Waals surface area contributed by atoms with Gasteiger partial charge in [0.05, 0.1) is 23.3 Å². The molecule has 0 unspecified atom stereocenters. The van der Waals surface area contributed by atoms with Gasteiger partial charge in [0, 0.05) is 30.2 Å². The summed E-state index contributed by atoms with van der Waals surface area (Å²) >= 11 is 9.47. The van der Waals surface area contributed by atoms with Crippen LogP contribution < -0.4 is 11.0 Å². The van der Waals surface area contributed by atoms with Gasteiger partial charge in [0.1, 0.15) is 5.69 Å². The quantitative estimate of drug-likeness (QED) is 0.573. The predicted molar refractivity (Wildman–Crippen MR) is 126 cm³/mol. The fourth-order valence-electron chi connectivity index (χ4n) is 3.94. The van der Waals surface area contributed by atoms with Crippen LogP contribution in [0.3, 0.4) is 0 Å². The smallest absolute Gasteiger partial charge is 0.328 e. The van der Waals surface area contributed by atoms with E-state index in [-0.39, 0.29) is 35.8 Å². The molecule has 0 radical (unpaired) electrons. The number of amides is 2. The van der Waals surface area contributed by atoms with Crippen molar-refractivity contribution in [2.75, 3.05) is 6.54 Å². The van der Waals surface area contributed by atoms with Gasteiger partial charge in [-0.3, -0.25) is 18.7 Å². The van der Waals surface area contributed by atoms with Gasteiger partial charge in [-0.05, 0) is 46.6 Å². The molecule has 9 heteroatoms. The number of rotatable bonds is 4. The van der Waals surface area contributed by atoms with Gasteiger partial charge in [0.25, 0.3) is 11.8 Å². The monoisotopic (exact) mass is 516 g/mol. The van der Waals surface area contributed by atoms with Crippen molar-refractivity contribution in [1.82, 2.24) is 19.4 Å². The molecule has 0 spiro atoms. The molecule has 2 heterocycles. The van der Waals surface area contributed by atoms with E-state index < -0.39 is 0 Å². The molecule has 4 rings (SSSR count). The van der Waals surface area contributed by atoms with Gasteiger partial charge in [-0.25, -0.2) is 4.79 Å². The van der Waals surface area contributed by atoms with Crippen LogP contribution in [0.15, 0.2) is 57.8 Å². The zero-order valence-corrected chi connectivity index (χ0v) is 20.0. The van der Waals surface area contributed by atoms with E-state index in [1.807, 2.05) is 37.3 Å². The first kappa shape index (κ1) is 22.4. The fourth-order valence-corrected chi connectivity index (χ4v) is 4.37. The molecule has 1 atom stereocenters. The number of hydrogen-bond donors (Lipinski definition) is 1. The third-order valence-corrected chi connectivity index (χ3v) is 6.94. The summed E-state index contributed by atoms with van der Waals surface area (Å²) < 4.78 is 3.63. The molecule has 3 aromatic rings. The Bertz CT molecular complexity index is 1250. The molecule has 32 heavy (non-hydrogen) atoms. The van der Waals surface area contributed by atoms with Crippen LogP contribution in [0.5, 0.6) is 0 Å². The molecule has 0 bridgehead atoms. The van der Waals surface area contributed by atoms with Crippen molar-refractivity contribution in [3.8, 4) is 0 Å². The minimum Gasteiger partial charge on any atom is -0.344 e. The minimum absolute atomic E-state index is 0.158. The summed E-state index contributed by atoms with van der Waals surface area (Å²) in [5.74, 6) is -0.554. The maximum absolute atomic E-state index is 13.2. The lowest BCUT2D eigenvalue weighted by Crippen LogP contribution is -2.41. The van der Waals surface area contributed by atoms with Gasteiger partial charge >= 0.3 is 5.69 Å². The van der Waals surface area contributed by atoms with Crippen LogP contribution in [0.2, 0.25) is 5.02 Å². The van der Waals surface area contributed by atoms with E-state index in [9.17, 15) is 14.4 Å². The summed E-state index contributed by atoms with van der Waals surface area (Å²) in [5.41, 5.74) is 1.94. The molecule has 0 saturated carbocycles. The van der Waals surface area contributed by atoms with E-state index >= 15 is 0 Å². The molecular weight excluding hydrogens is 496 g/mol. The van der Waals surface area contributed by atoms with Crippen molar-refractivity contribution in [2.24, 2.45) is 7.05 Å². The molecule has 7 nitrogen and oxygen atoms in total. The summed E-state index contributed by atoms with van der Waals surface area (Å²) in [6.07, 6.45) is 0. The molecule has 2 aromatic carbocycles. The van der Waals surface area contributed by atoms with Crippen LogP contribution in [-0.4, -0.2) is 32.4 Å². The third kappa shape index (κ3) is 4.12. The fraction of sp³-hybridized carbons (Fsp3) is 0.261. The zero-order valence-electron chi connectivity index (χ0n) is 17.6. The Balaban J connectivity index is 1.61. The van der Waals surface area contributed by atoms with Gasteiger partial charge in [0.15, 0.2) is 0 Å². The Morgan fingerprint density at radius 3 is 2.53 bits per heavy atom. The number of nitrogens with one attached hydrogen (secondary N) is 1. The van der Waals surface area contributed by atoms with Crippen LogP contribution in [-0.2, 0) is 20.1 Å². The average Bonchev–Trinajstić information content (AvgIpc) is 3.05. The standard InChI is InChI=1S/C23H22BrClN4O3/c1-14(15-6-4-3-5-7-15)26-21(30)20-19-13-28(10-11-29(19)23(32)27(20)2)22(31)16-8-9-17(24)18(25)12-16/h3-9,12,14H,10-11,13H2,1-2H3,(H,26,30)/t14-/m1/s1. The topological polar surface area (TPSA) is 76.3 Å². The molecule has 1 N–H and O–H groups in total. The Morgan fingerprint density at radius 2 is 1.84 bits per heavy atom. The molecule has 0 fully saturated rings. The summed E-state index contributed by atoms with van der Waals surface area (Å²) in [5, 5.41) is 3.41. The molecule has 2 amide bonds. The van der Waals surface area contributed by atoms with Crippen molar-refractivity contribution in [2.45, 2.75) is 26.1 Å². The highest BCUT2D eigenvalue weighted by Crippen LogP contribution is 2.25. The number of halogens is 2. The van der Waals surface area contributed by atoms with E-state index in [2.05, 4.69) is 21.2 Å². The Hall–Kier alpha value is -2.84. The molecular formula is C23H22BrClN4O3. The van der Waals surface area contributed by atoms with Crippen LogP contribution in [0.1, 0.15) is 45.1 Å². The second-order valence-electron chi connectivity index (χ2n) is 7.75. The van der Waals surface area contributed by atoms with Gasteiger partial charge in [-0.2, -0.15) is 0 Å². The highest BCUT2D eigenvalue weighted by atomic mass is 79.9. The summed E-state index contributed by atoms with van der Waals surface area (Å²) in [6.45, 7) is 2.73. The molecule has 0 aliphatic carbocycles. The number of aromatic nitrogens is 2. The van der Waals surface area contributed by atoms with Gasteiger partial charge in [0.2, 0.25) is 0 Å². The molecule has 1 aromatic heterocycles. The number of fused-ring (bicyclic) bond motifs is 1. The number of nitrogens with zero attached hydrogens (tertiary/aromatic N) is 3. The SMILES string of the molecule is C[C@@H](NC(=O)c1c2n(c(=O)n1C)CCN(C(=O)c1ccc(Br)c(Cl)c1)C2)c1ccccc1. The highest BCUT2D eigenvalue weighted by molar-refractivity contribution is 9.10. The Morgan fingerprint density at radius 1 is 1.12 bits per heavy atom. The molecule has 0 saturated heterocycles. The summed E-state index contributed by atoms with van der Waals surface area (Å²) in [7, 11) is 1.58. The lowest BCUT2D eigenvalue weighted by molar-refractivity contribution is 0.0706. The number of hydrogen-bond acceptors (Lipinski definition) is 3. The zero-order chi connectivity index (χ0) is 23.0. The van der Waals surface area contributed by atoms with E-state index in [4.69, 9.17) is 11.6 Å². The van der Waals surface area contributed by atoms with Crippen LogP contribution in [0.4, 0.5) is 0 Å². The highest BCUT2D eigenvalue weighted by Gasteiger charge is 2.31. The second kappa shape index (κ2) is 8.96. The average molecular weight is 518 g/mol. The molecule has 1 aliphatic rings. The maximum atomic E-state index is 13.2. The minimum atomic E-state index is -0.351. The number of imidazole rings is 1. The lowest BCUT2D eigenvalue weighted by atomic mass is 10.1. The first-order valence-corrected chi connectivity index (χ1v) is 11.3. The third-order valence-electron chi connectivity index (χ3n) is 5.70. The number of carbonyl (C=O) groups excluding carboxylic acids is 2. The Kier molecular flexibility index (Phi) is 6.26. The summed E-state index contributed by atoms with van der Waals surface area (Å²) in [6, 6.07) is 14.4. The second-order valence-corrected chi connectivity index (χ2v) is 9.01. The van der Waals surface area contributed by atoms with Crippen molar-refractivity contribution < 1.29 is 9.59 Å². The van der Waals surface area contributed by atoms with Crippen molar-refractivity contribution in [1.29, 1.82) is 0 Å². The van der Waals surface area contributed by atoms with E-state index in [0.717, 1.165) is 5.56 Å². The van der Waals surface area contributed by atoms with Crippen molar-refractivity contribution >= 4 is 39.3 Å². The van der Waals surface area contributed by atoms with Crippen molar-refractivity contribution in [3.63, 3.8) is 0 Å². The van der Waals surface area contributed by atoms with E-state index in [1.54, 1.807) is 34.7 Å². The Labute approximate surface area is 198 Å². The van der Waals surface area contributed by atoms with E-state index in [1.165, 1.54) is 4.57 Å². The first-order valence-electron chi connectivity index (χ1n) is 10.2. The van der Waals surface area contributed by atoms with Crippen LogP contribution >= 0.6 is 27.5 Å². The largest absolute Gasteiger partial charge is 0.344 e. The van der Waals surface area contributed by atoms with Crippen LogP contribution in [0.25, 0.3) is 0 Å². The van der Waals surface area contributed by atoms with Crippen LogP contribution in [0, 0.1) is 0 Å². The maximum Gasteiger partial charge on any atom is 0.328 e. The first-order chi connectivity index (χ1) is 15.3. The molecule has 166 valence electrons. The van der Waals surface area contributed by atoms with E-state index in [0.29, 0.717) is 33.8 Å². The molecule has 1 aliphatic heterocycles. The lowest BCUT2D eigenvalue weighted by Gasteiger charge is -2.28. The number of carbonyl (C=O) groups is 2. The van der Waals surface area contributed by atoms with Crippen molar-refractivity contribution in [3.05, 3.63) is 91.0 Å². The summed E-state index contributed by atoms with van der Waals surface area (Å²) in [4.78, 5) is 40.6. The predicted octanol–water partition coefficient (Wildman–Crippen LogP) is 3.75. The normalized spacial score (nSPS) is 14.1. The number of benzene rings is 2. The van der Waals surface area contributed by atoms with Gasteiger partial charge < -0.3 is 10.2 Å².